The largest absolute Gasteiger partial charge is 0.451 e. The van der Waals surface area contributed by atoms with Crippen LogP contribution in [-0.2, 0) is 19.8 Å². The van der Waals surface area contributed by atoms with E-state index in [0.29, 0.717) is 11.3 Å². The molecule has 10 heteroatoms. The van der Waals surface area contributed by atoms with E-state index in [1.165, 1.54) is 9.58 Å². The summed E-state index contributed by atoms with van der Waals surface area (Å²) in [7, 11) is 1.70. The third-order valence-electron chi connectivity index (χ3n) is 3.94. The third kappa shape index (κ3) is 2.47. The average molecular weight is 328 g/mol. The molecule has 3 rings (SSSR count). The Hall–Kier alpha value is -2.39. The Labute approximate surface area is 129 Å². The number of halogens is 3. The van der Waals surface area contributed by atoms with Crippen LogP contribution in [0, 0.1) is 6.92 Å². The summed E-state index contributed by atoms with van der Waals surface area (Å²) in [4.78, 5) is 14.1. The van der Waals surface area contributed by atoms with E-state index < -0.39 is 18.0 Å². The summed E-state index contributed by atoms with van der Waals surface area (Å²) in [6.45, 7) is 3.52. The van der Waals surface area contributed by atoms with Crippen molar-refractivity contribution in [2.45, 2.75) is 32.6 Å². The molecule has 23 heavy (non-hydrogen) atoms. The van der Waals surface area contributed by atoms with E-state index in [1.54, 1.807) is 27.1 Å². The first kappa shape index (κ1) is 15.5. The molecule has 1 aliphatic rings. The summed E-state index contributed by atoms with van der Waals surface area (Å²) >= 11 is 0. The maximum Gasteiger partial charge on any atom is 0.451 e. The molecule has 0 spiro atoms. The lowest BCUT2D eigenvalue weighted by atomic mass is 10.1. The number of aromatic nitrogens is 5. The van der Waals surface area contributed by atoms with E-state index in [9.17, 15) is 18.0 Å². The number of fused-ring (bicyclic) bond motifs is 1. The number of amides is 1. The molecule has 2 aromatic heterocycles. The van der Waals surface area contributed by atoms with Crippen LogP contribution in [0.25, 0.3) is 0 Å². The van der Waals surface area contributed by atoms with Crippen molar-refractivity contribution in [1.29, 1.82) is 0 Å². The molecule has 7 nitrogen and oxygen atoms in total. The van der Waals surface area contributed by atoms with Crippen LogP contribution in [-0.4, -0.2) is 41.9 Å². The highest BCUT2D eigenvalue weighted by Gasteiger charge is 2.42. The second-order valence-electron chi connectivity index (χ2n) is 5.51. The van der Waals surface area contributed by atoms with Crippen LogP contribution >= 0.6 is 0 Å². The maximum absolute atomic E-state index is 12.9. The molecule has 3 heterocycles. The molecule has 1 amide bonds. The van der Waals surface area contributed by atoms with Gasteiger partial charge in [-0.25, -0.2) is 0 Å². The molecule has 0 saturated carbocycles. The Balaban J connectivity index is 1.93. The van der Waals surface area contributed by atoms with Gasteiger partial charge in [-0.2, -0.15) is 18.3 Å². The van der Waals surface area contributed by atoms with Crippen LogP contribution in [0.4, 0.5) is 13.2 Å². The van der Waals surface area contributed by atoms with Crippen molar-refractivity contribution in [2.24, 2.45) is 7.05 Å². The van der Waals surface area contributed by atoms with Crippen molar-refractivity contribution in [3.63, 3.8) is 0 Å². The van der Waals surface area contributed by atoms with E-state index in [0.717, 1.165) is 4.57 Å². The standard InChI is InChI=1S/C13H15F3N6O/c1-7-9(6-20(3)19-7)11(23)21-4-5-22-10(8(21)2)17-18-12(22)13(14,15)16/h6,8H,4-5H2,1-3H3. The molecule has 0 bridgehead atoms. The molecule has 0 aromatic carbocycles. The zero-order chi connectivity index (χ0) is 16.9. The van der Waals surface area contributed by atoms with Crippen molar-refractivity contribution in [2.75, 3.05) is 6.54 Å². The highest BCUT2D eigenvalue weighted by atomic mass is 19.4. The Morgan fingerprint density at radius 3 is 2.57 bits per heavy atom. The van der Waals surface area contributed by atoms with Gasteiger partial charge < -0.3 is 9.47 Å². The number of hydrogen-bond donors (Lipinski definition) is 0. The molecule has 2 aromatic rings. The first-order chi connectivity index (χ1) is 10.7. The summed E-state index contributed by atoms with van der Waals surface area (Å²) in [6.07, 6.45) is -2.96. The lowest BCUT2D eigenvalue weighted by Gasteiger charge is -2.33. The summed E-state index contributed by atoms with van der Waals surface area (Å²) in [5.74, 6) is -1.16. The molecule has 1 aliphatic heterocycles. The van der Waals surface area contributed by atoms with Gasteiger partial charge in [-0.1, -0.05) is 0 Å². The number of carbonyl (C=O) groups is 1. The molecule has 0 saturated heterocycles. The van der Waals surface area contributed by atoms with Gasteiger partial charge in [0.25, 0.3) is 5.91 Å². The lowest BCUT2D eigenvalue weighted by Crippen LogP contribution is -2.42. The minimum absolute atomic E-state index is 0.00651. The fraction of sp³-hybridized carbons (Fsp3) is 0.538. The van der Waals surface area contributed by atoms with Gasteiger partial charge in [-0.15, -0.1) is 10.2 Å². The Morgan fingerprint density at radius 1 is 1.30 bits per heavy atom. The maximum atomic E-state index is 12.9. The van der Waals surface area contributed by atoms with E-state index in [2.05, 4.69) is 15.3 Å². The monoisotopic (exact) mass is 328 g/mol. The lowest BCUT2D eigenvalue weighted by molar-refractivity contribution is -0.148. The fourth-order valence-electron chi connectivity index (χ4n) is 2.84. The van der Waals surface area contributed by atoms with Crippen LogP contribution in [0.3, 0.4) is 0 Å². The summed E-state index contributed by atoms with van der Waals surface area (Å²) in [5, 5.41) is 11.0. The van der Waals surface area contributed by atoms with Crippen LogP contribution in [0.1, 0.15) is 40.7 Å². The third-order valence-corrected chi connectivity index (χ3v) is 3.94. The van der Waals surface area contributed by atoms with Crippen molar-refractivity contribution >= 4 is 5.91 Å². The summed E-state index contributed by atoms with van der Waals surface area (Å²) in [6, 6.07) is -0.598. The van der Waals surface area contributed by atoms with Crippen LogP contribution in [0.15, 0.2) is 6.20 Å². The van der Waals surface area contributed by atoms with E-state index in [1.807, 2.05) is 0 Å². The van der Waals surface area contributed by atoms with Crippen LogP contribution in [0.5, 0.6) is 0 Å². The van der Waals surface area contributed by atoms with Crippen molar-refractivity contribution in [3.05, 3.63) is 29.1 Å². The van der Waals surface area contributed by atoms with Gasteiger partial charge in [0, 0.05) is 26.3 Å². The Morgan fingerprint density at radius 2 is 2.00 bits per heavy atom. The number of carbonyl (C=O) groups excluding carboxylic acids is 1. The zero-order valence-electron chi connectivity index (χ0n) is 12.8. The second-order valence-corrected chi connectivity index (χ2v) is 5.51. The normalized spacial score (nSPS) is 18.2. The highest BCUT2D eigenvalue weighted by Crippen LogP contribution is 2.33. The van der Waals surface area contributed by atoms with Gasteiger partial charge in [0.1, 0.15) is 0 Å². The second kappa shape index (κ2) is 5.07. The predicted octanol–water partition coefficient (Wildman–Crippen LogP) is 1.56. The number of nitrogens with zero attached hydrogens (tertiary/aromatic N) is 6. The van der Waals surface area contributed by atoms with Crippen LogP contribution < -0.4 is 0 Å². The Kier molecular flexibility index (Phi) is 3.42. The summed E-state index contributed by atoms with van der Waals surface area (Å²) in [5.41, 5.74) is 1.01. The van der Waals surface area contributed by atoms with Gasteiger partial charge in [-0.05, 0) is 13.8 Å². The number of hydrogen-bond acceptors (Lipinski definition) is 4. The molecule has 0 radical (unpaired) electrons. The van der Waals surface area contributed by atoms with E-state index in [4.69, 9.17) is 0 Å². The van der Waals surface area contributed by atoms with Gasteiger partial charge in [0.2, 0.25) is 5.82 Å². The molecule has 0 fully saturated rings. The highest BCUT2D eigenvalue weighted by molar-refractivity contribution is 5.95. The number of alkyl halides is 3. The quantitative estimate of drug-likeness (QED) is 0.796. The van der Waals surface area contributed by atoms with Crippen molar-refractivity contribution in [1.82, 2.24) is 29.4 Å². The van der Waals surface area contributed by atoms with Gasteiger partial charge in [0.05, 0.1) is 17.3 Å². The van der Waals surface area contributed by atoms with Gasteiger partial charge >= 0.3 is 6.18 Å². The van der Waals surface area contributed by atoms with Gasteiger partial charge in [0.15, 0.2) is 5.82 Å². The van der Waals surface area contributed by atoms with Gasteiger partial charge in [-0.3, -0.25) is 9.48 Å². The number of rotatable bonds is 1. The fourth-order valence-corrected chi connectivity index (χ4v) is 2.84. The minimum Gasteiger partial charge on any atom is -0.327 e. The van der Waals surface area contributed by atoms with Crippen LogP contribution in [0.2, 0.25) is 0 Å². The van der Waals surface area contributed by atoms with E-state index >= 15 is 0 Å². The zero-order valence-corrected chi connectivity index (χ0v) is 12.8. The van der Waals surface area contributed by atoms with Crippen molar-refractivity contribution < 1.29 is 18.0 Å². The molecule has 124 valence electrons. The molecular formula is C13H15F3N6O. The first-order valence-electron chi connectivity index (χ1n) is 7.01. The molecule has 0 N–H and O–H groups in total. The Bertz CT molecular complexity index is 762. The van der Waals surface area contributed by atoms with Crippen molar-refractivity contribution in [3.8, 4) is 0 Å². The first-order valence-corrected chi connectivity index (χ1v) is 7.01. The SMILES string of the molecule is Cc1nn(C)cc1C(=O)N1CCn2c(nnc2C(F)(F)F)C1C. The number of aryl methyl sites for hydroxylation is 2. The minimum atomic E-state index is -4.56. The predicted molar refractivity (Wildman–Crippen MR) is 72.4 cm³/mol. The molecule has 1 unspecified atom stereocenters. The van der Waals surface area contributed by atoms with E-state index in [-0.39, 0.29) is 24.8 Å². The smallest absolute Gasteiger partial charge is 0.327 e. The topological polar surface area (TPSA) is 68.8 Å². The molecular weight excluding hydrogens is 313 g/mol. The molecule has 1 atom stereocenters. The molecule has 0 aliphatic carbocycles. The average Bonchev–Trinajstić information content (AvgIpc) is 3.01. The summed E-state index contributed by atoms with van der Waals surface area (Å²) < 4.78 is 41.3.